The van der Waals surface area contributed by atoms with Gasteiger partial charge in [0.25, 0.3) is 10.0 Å². The Balaban J connectivity index is 1.94. The average Bonchev–Trinajstić information content (AvgIpc) is 2.74. The molecular weight excluding hydrogens is 475 g/mol. The van der Waals surface area contributed by atoms with Gasteiger partial charge in [-0.2, -0.15) is 0 Å². The molecule has 156 valence electrons. The van der Waals surface area contributed by atoms with Crippen molar-refractivity contribution < 1.29 is 22.3 Å². The second-order valence-electron chi connectivity index (χ2n) is 6.19. The van der Waals surface area contributed by atoms with Crippen molar-refractivity contribution in [3.63, 3.8) is 0 Å². The first-order valence-corrected chi connectivity index (χ1v) is 11.0. The van der Waals surface area contributed by atoms with Crippen LogP contribution in [-0.2, 0) is 14.8 Å². The number of nitrogens with one attached hydrogen (secondary N) is 1. The van der Waals surface area contributed by atoms with E-state index in [4.69, 9.17) is 4.74 Å². The quantitative estimate of drug-likeness (QED) is 0.529. The maximum atomic E-state index is 13.4. The summed E-state index contributed by atoms with van der Waals surface area (Å²) in [5.41, 5.74) is 0.665. The third-order valence-electron chi connectivity index (χ3n) is 4.20. The number of sulfonamides is 1. The lowest BCUT2D eigenvalue weighted by Crippen LogP contribution is -2.38. The molecule has 0 saturated carbocycles. The van der Waals surface area contributed by atoms with Crippen molar-refractivity contribution >= 4 is 43.2 Å². The zero-order chi connectivity index (χ0) is 21.7. The van der Waals surface area contributed by atoms with E-state index in [1.807, 2.05) is 0 Å². The zero-order valence-corrected chi connectivity index (χ0v) is 18.3. The SMILES string of the molecule is COc1ccc(S(=O)(=O)N(CC(=O)Nc2ccccc2Br)c2ccc(F)cc2)cc1. The number of hydrogen-bond donors (Lipinski definition) is 1. The van der Waals surface area contributed by atoms with Crippen molar-refractivity contribution in [3.8, 4) is 5.75 Å². The molecule has 3 rings (SSSR count). The van der Waals surface area contributed by atoms with Crippen molar-refractivity contribution in [2.24, 2.45) is 0 Å². The highest BCUT2D eigenvalue weighted by Crippen LogP contribution is 2.26. The minimum atomic E-state index is -4.11. The van der Waals surface area contributed by atoms with E-state index in [9.17, 15) is 17.6 Å². The number of anilines is 2. The van der Waals surface area contributed by atoms with Gasteiger partial charge in [-0.25, -0.2) is 12.8 Å². The third-order valence-corrected chi connectivity index (χ3v) is 6.68. The highest BCUT2D eigenvalue weighted by atomic mass is 79.9. The highest BCUT2D eigenvalue weighted by Gasteiger charge is 2.27. The number of amides is 1. The number of benzene rings is 3. The Morgan fingerprint density at radius 1 is 1.03 bits per heavy atom. The van der Waals surface area contributed by atoms with Crippen LogP contribution in [0.4, 0.5) is 15.8 Å². The summed E-state index contributed by atoms with van der Waals surface area (Å²) in [4.78, 5) is 12.6. The number of hydrogen-bond acceptors (Lipinski definition) is 4. The number of carbonyl (C=O) groups excluding carboxylic acids is 1. The monoisotopic (exact) mass is 492 g/mol. The van der Waals surface area contributed by atoms with Gasteiger partial charge in [-0.15, -0.1) is 0 Å². The number of halogens is 2. The third kappa shape index (κ3) is 4.98. The van der Waals surface area contributed by atoms with E-state index in [-0.39, 0.29) is 10.6 Å². The number of carbonyl (C=O) groups is 1. The molecule has 0 unspecified atom stereocenters. The van der Waals surface area contributed by atoms with Crippen LogP contribution in [0.1, 0.15) is 0 Å². The predicted molar refractivity (Wildman–Crippen MR) is 117 cm³/mol. The van der Waals surface area contributed by atoms with Crippen LogP contribution in [0.5, 0.6) is 5.75 Å². The Bertz CT molecular complexity index is 1140. The first-order valence-electron chi connectivity index (χ1n) is 8.78. The standard InChI is InChI=1S/C21H18BrFN2O4S/c1-29-17-10-12-18(13-11-17)30(27,28)25(16-8-6-15(23)7-9-16)14-21(26)24-20-5-3-2-4-19(20)22/h2-13H,14H2,1H3,(H,24,26). The summed E-state index contributed by atoms with van der Waals surface area (Å²) in [6.45, 7) is -0.499. The van der Waals surface area contributed by atoms with E-state index in [1.54, 1.807) is 24.3 Å². The Kier molecular flexibility index (Phi) is 6.73. The summed E-state index contributed by atoms with van der Waals surface area (Å²) >= 11 is 3.33. The van der Waals surface area contributed by atoms with Crippen LogP contribution in [0, 0.1) is 5.82 Å². The van der Waals surface area contributed by atoms with Crippen LogP contribution in [0.3, 0.4) is 0 Å². The Morgan fingerprint density at radius 2 is 1.67 bits per heavy atom. The van der Waals surface area contributed by atoms with Crippen LogP contribution in [0.25, 0.3) is 0 Å². The molecule has 0 heterocycles. The van der Waals surface area contributed by atoms with Crippen LogP contribution >= 0.6 is 15.9 Å². The van der Waals surface area contributed by atoms with Crippen molar-refractivity contribution in [2.75, 3.05) is 23.3 Å². The molecule has 0 atom stereocenters. The van der Waals surface area contributed by atoms with Crippen LogP contribution in [0.2, 0.25) is 0 Å². The minimum Gasteiger partial charge on any atom is -0.497 e. The average molecular weight is 493 g/mol. The molecule has 1 N–H and O–H groups in total. The molecule has 0 bridgehead atoms. The van der Waals surface area contributed by atoms with Gasteiger partial charge in [-0.05, 0) is 76.6 Å². The molecule has 0 aromatic heterocycles. The molecule has 0 spiro atoms. The zero-order valence-electron chi connectivity index (χ0n) is 15.9. The number of para-hydroxylation sites is 1. The molecule has 0 radical (unpaired) electrons. The van der Waals surface area contributed by atoms with Gasteiger partial charge in [0.2, 0.25) is 5.91 Å². The summed E-state index contributed by atoms with van der Waals surface area (Å²) in [5.74, 6) is -0.574. The molecule has 9 heteroatoms. The minimum absolute atomic E-state index is 0.0266. The van der Waals surface area contributed by atoms with E-state index < -0.39 is 28.3 Å². The first kappa shape index (κ1) is 21.8. The maximum Gasteiger partial charge on any atom is 0.264 e. The summed E-state index contributed by atoms with van der Waals surface area (Å²) in [5, 5.41) is 2.68. The topological polar surface area (TPSA) is 75.7 Å². The van der Waals surface area contributed by atoms with E-state index >= 15 is 0 Å². The lowest BCUT2D eigenvalue weighted by molar-refractivity contribution is -0.114. The first-order chi connectivity index (χ1) is 14.3. The van der Waals surface area contributed by atoms with Gasteiger partial charge < -0.3 is 10.1 Å². The van der Waals surface area contributed by atoms with Gasteiger partial charge in [0.15, 0.2) is 0 Å². The van der Waals surface area contributed by atoms with Crippen LogP contribution in [-0.4, -0.2) is 28.0 Å². The van der Waals surface area contributed by atoms with Gasteiger partial charge in [0.1, 0.15) is 18.1 Å². The summed E-state index contributed by atoms with van der Waals surface area (Å²) < 4.78 is 46.6. The fraction of sp³-hybridized carbons (Fsp3) is 0.0952. The highest BCUT2D eigenvalue weighted by molar-refractivity contribution is 9.10. The number of methoxy groups -OCH3 is 1. The molecule has 0 fully saturated rings. The largest absolute Gasteiger partial charge is 0.497 e. The van der Waals surface area contributed by atoms with Crippen molar-refractivity contribution in [1.29, 1.82) is 0 Å². The molecule has 30 heavy (non-hydrogen) atoms. The lowest BCUT2D eigenvalue weighted by atomic mass is 10.3. The van der Waals surface area contributed by atoms with E-state index in [2.05, 4.69) is 21.2 Å². The molecule has 3 aromatic rings. The summed E-state index contributed by atoms with van der Waals surface area (Å²) in [6, 6.07) is 17.6. The fourth-order valence-corrected chi connectivity index (χ4v) is 4.48. The Labute approximate surface area is 182 Å². The smallest absolute Gasteiger partial charge is 0.264 e. The molecule has 6 nitrogen and oxygen atoms in total. The van der Waals surface area contributed by atoms with Crippen LogP contribution in [0.15, 0.2) is 82.2 Å². The molecule has 0 aliphatic rings. The maximum absolute atomic E-state index is 13.4. The molecule has 1 amide bonds. The lowest BCUT2D eigenvalue weighted by Gasteiger charge is -2.24. The summed E-state index contributed by atoms with van der Waals surface area (Å²) in [6.07, 6.45) is 0. The number of ether oxygens (including phenoxy) is 1. The van der Waals surface area contributed by atoms with E-state index in [0.717, 1.165) is 16.4 Å². The fourth-order valence-electron chi connectivity index (χ4n) is 2.68. The summed E-state index contributed by atoms with van der Waals surface area (Å²) in [7, 11) is -2.63. The van der Waals surface area contributed by atoms with Crippen LogP contribution < -0.4 is 14.4 Å². The molecular formula is C21H18BrFN2O4S. The van der Waals surface area contributed by atoms with E-state index in [0.29, 0.717) is 15.9 Å². The normalized spacial score (nSPS) is 11.0. The van der Waals surface area contributed by atoms with Crippen molar-refractivity contribution in [2.45, 2.75) is 4.90 Å². The molecule has 0 aliphatic heterocycles. The van der Waals surface area contributed by atoms with Gasteiger partial charge in [-0.1, -0.05) is 12.1 Å². The number of nitrogens with zero attached hydrogens (tertiary/aromatic N) is 1. The Hall–Kier alpha value is -2.91. The van der Waals surface area contributed by atoms with Crippen molar-refractivity contribution in [3.05, 3.63) is 83.1 Å². The van der Waals surface area contributed by atoms with Gasteiger partial charge in [0.05, 0.1) is 23.4 Å². The predicted octanol–water partition coefficient (Wildman–Crippen LogP) is 4.43. The van der Waals surface area contributed by atoms with E-state index in [1.165, 1.54) is 43.5 Å². The molecule has 0 saturated heterocycles. The molecule has 3 aromatic carbocycles. The number of rotatable bonds is 7. The van der Waals surface area contributed by atoms with Gasteiger partial charge >= 0.3 is 0 Å². The Morgan fingerprint density at radius 3 is 2.27 bits per heavy atom. The van der Waals surface area contributed by atoms with Gasteiger partial charge in [0, 0.05) is 4.47 Å². The van der Waals surface area contributed by atoms with Crippen molar-refractivity contribution in [1.82, 2.24) is 0 Å². The van der Waals surface area contributed by atoms with Gasteiger partial charge in [-0.3, -0.25) is 9.10 Å². The molecule has 0 aliphatic carbocycles. The second kappa shape index (κ2) is 9.27. The second-order valence-corrected chi connectivity index (χ2v) is 8.91.